The summed E-state index contributed by atoms with van der Waals surface area (Å²) in [6, 6.07) is 2.64. The van der Waals surface area contributed by atoms with Gasteiger partial charge in [0.05, 0.1) is 18.8 Å². The first-order valence-corrected chi connectivity index (χ1v) is 5.89. The lowest BCUT2D eigenvalue weighted by Gasteiger charge is -2.18. The molecule has 0 atom stereocenters. The van der Waals surface area contributed by atoms with Crippen molar-refractivity contribution in [1.82, 2.24) is 15.3 Å². The molecule has 0 spiro atoms. The van der Waals surface area contributed by atoms with Crippen molar-refractivity contribution in [3.05, 3.63) is 28.2 Å². The molecule has 0 aliphatic heterocycles. The summed E-state index contributed by atoms with van der Waals surface area (Å²) in [4.78, 5) is 28.4. The van der Waals surface area contributed by atoms with Gasteiger partial charge in [0.2, 0.25) is 0 Å². The van der Waals surface area contributed by atoms with Crippen LogP contribution in [0.25, 0.3) is 0 Å². The number of carbonyl (C=O) groups excluding carboxylic acids is 1. The van der Waals surface area contributed by atoms with Crippen molar-refractivity contribution >= 4 is 5.91 Å². The van der Waals surface area contributed by atoms with Gasteiger partial charge in [0.15, 0.2) is 5.69 Å². The monoisotopic (exact) mass is 269 g/mol. The Kier molecular flexibility index (Phi) is 5.20. The predicted molar refractivity (Wildman–Crippen MR) is 68.7 cm³/mol. The molecule has 1 rings (SSSR count). The molecular weight excluding hydrogens is 250 g/mol. The second-order valence-corrected chi connectivity index (χ2v) is 4.92. The maximum Gasteiger partial charge on any atom is 0.295 e. The van der Waals surface area contributed by atoms with Crippen LogP contribution in [-0.4, -0.2) is 35.0 Å². The summed E-state index contributed by atoms with van der Waals surface area (Å²) in [5, 5.41) is 3.94. The lowest BCUT2D eigenvalue weighted by molar-refractivity contribution is -0.0592. The van der Waals surface area contributed by atoms with E-state index in [9.17, 15) is 9.59 Å². The Morgan fingerprint density at radius 2 is 2.11 bits per heavy atom. The van der Waals surface area contributed by atoms with E-state index in [2.05, 4.69) is 10.6 Å². The standard InChI is InChI=1S/C12H19N3O4/c1-12(2,3)19-14-11(17)9-5-6-10(16)15(13-9)7-8-18-4/h5-6H,7-8H2,1-4H3,(H,14,17). The third kappa shape index (κ3) is 5.19. The number of aromatic nitrogens is 2. The summed E-state index contributed by atoms with van der Waals surface area (Å²) < 4.78 is 6.04. The fraction of sp³-hybridized carbons (Fsp3) is 0.583. The van der Waals surface area contributed by atoms with E-state index < -0.39 is 11.5 Å². The molecule has 106 valence electrons. The first-order valence-electron chi connectivity index (χ1n) is 5.89. The van der Waals surface area contributed by atoms with Crippen LogP contribution in [0, 0.1) is 0 Å². The fourth-order valence-corrected chi connectivity index (χ4v) is 1.16. The molecule has 0 radical (unpaired) electrons. The van der Waals surface area contributed by atoms with Crippen LogP contribution in [0.1, 0.15) is 31.3 Å². The Morgan fingerprint density at radius 1 is 1.42 bits per heavy atom. The van der Waals surface area contributed by atoms with E-state index in [1.807, 2.05) is 0 Å². The predicted octanol–water partition coefficient (Wildman–Crippen LogP) is 0.350. The van der Waals surface area contributed by atoms with Crippen molar-refractivity contribution in [1.29, 1.82) is 0 Å². The lowest BCUT2D eigenvalue weighted by Crippen LogP contribution is -2.35. The molecule has 7 heteroatoms. The van der Waals surface area contributed by atoms with Crippen molar-refractivity contribution in [2.75, 3.05) is 13.7 Å². The zero-order valence-electron chi connectivity index (χ0n) is 11.6. The average molecular weight is 269 g/mol. The first-order chi connectivity index (χ1) is 8.83. The van der Waals surface area contributed by atoms with E-state index in [4.69, 9.17) is 9.57 Å². The number of amides is 1. The Labute approximate surface area is 111 Å². The molecule has 0 saturated carbocycles. The molecule has 0 unspecified atom stereocenters. The molecule has 0 bridgehead atoms. The molecule has 1 amide bonds. The largest absolute Gasteiger partial charge is 0.383 e. The van der Waals surface area contributed by atoms with Gasteiger partial charge in [-0.3, -0.25) is 14.4 Å². The van der Waals surface area contributed by atoms with Gasteiger partial charge in [-0.05, 0) is 26.8 Å². The van der Waals surface area contributed by atoms with Crippen LogP contribution >= 0.6 is 0 Å². The highest BCUT2D eigenvalue weighted by atomic mass is 16.7. The number of methoxy groups -OCH3 is 1. The smallest absolute Gasteiger partial charge is 0.295 e. The summed E-state index contributed by atoms with van der Waals surface area (Å²) in [5.41, 5.74) is 1.62. The maximum atomic E-state index is 11.8. The second kappa shape index (κ2) is 6.44. The Balaban J connectivity index is 2.78. The van der Waals surface area contributed by atoms with Crippen molar-refractivity contribution in [3.63, 3.8) is 0 Å². The van der Waals surface area contributed by atoms with E-state index in [0.29, 0.717) is 6.61 Å². The molecule has 7 nitrogen and oxygen atoms in total. The van der Waals surface area contributed by atoms with E-state index in [-0.39, 0.29) is 17.8 Å². The quantitative estimate of drug-likeness (QED) is 0.780. The van der Waals surface area contributed by atoms with Gasteiger partial charge in [-0.2, -0.15) is 5.10 Å². The summed E-state index contributed by atoms with van der Waals surface area (Å²) in [7, 11) is 1.53. The molecule has 0 aromatic carbocycles. The topological polar surface area (TPSA) is 82.5 Å². The Bertz CT molecular complexity index is 490. The molecule has 0 saturated heterocycles. The average Bonchev–Trinajstić information content (AvgIpc) is 2.34. The molecule has 0 fully saturated rings. The minimum Gasteiger partial charge on any atom is -0.383 e. The summed E-state index contributed by atoms with van der Waals surface area (Å²) in [6.45, 7) is 6.05. The van der Waals surface area contributed by atoms with Crippen molar-refractivity contribution in [3.8, 4) is 0 Å². The van der Waals surface area contributed by atoms with Gasteiger partial charge < -0.3 is 4.74 Å². The first kappa shape index (κ1) is 15.3. The van der Waals surface area contributed by atoms with E-state index in [1.54, 1.807) is 20.8 Å². The van der Waals surface area contributed by atoms with Gasteiger partial charge in [-0.1, -0.05) is 0 Å². The van der Waals surface area contributed by atoms with Gasteiger partial charge in [-0.15, -0.1) is 0 Å². The molecule has 0 aliphatic rings. The molecule has 0 aliphatic carbocycles. The lowest BCUT2D eigenvalue weighted by atomic mass is 10.2. The molecule has 1 aromatic rings. The molecular formula is C12H19N3O4. The number of hydrogen-bond donors (Lipinski definition) is 1. The molecule has 19 heavy (non-hydrogen) atoms. The molecule has 1 heterocycles. The van der Waals surface area contributed by atoms with E-state index >= 15 is 0 Å². The highest BCUT2D eigenvalue weighted by Crippen LogP contribution is 2.04. The van der Waals surface area contributed by atoms with Crippen molar-refractivity contribution < 1.29 is 14.4 Å². The minimum absolute atomic E-state index is 0.111. The highest BCUT2D eigenvalue weighted by Gasteiger charge is 2.15. The Morgan fingerprint density at radius 3 is 2.68 bits per heavy atom. The van der Waals surface area contributed by atoms with Crippen molar-refractivity contribution in [2.45, 2.75) is 32.9 Å². The van der Waals surface area contributed by atoms with E-state index in [0.717, 1.165) is 0 Å². The van der Waals surface area contributed by atoms with Crippen LogP contribution in [0.15, 0.2) is 16.9 Å². The Hall–Kier alpha value is -1.73. The number of hydroxylamine groups is 1. The normalized spacial score (nSPS) is 11.4. The van der Waals surface area contributed by atoms with Gasteiger partial charge >= 0.3 is 0 Å². The van der Waals surface area contributed by atoms with Gasteiger partial charge in [0, 0.05) is 13.2 Å². The number of hydrogen-bond acceptors (Lipinski definition) is 5. The summed E-state index contributed by atoms with van der Waals surface area (Å²) >= 11 is 0. The van der Waals surface area contributed by atoms with Crippen LogP contribution in [0.2, 0.25) is 0 Å². The van der Waals surface area contributed by atoms with Crippen LogP contribution in [-0.2, 0) is 16.1 Å². The maximum absolute atomic E-state index is 11.8. The van der Waals surface area contributed by atoms with Crippen LogP contribution in [0.4, 0.5) is 0 Å². The van der Waals surface area contributed by atoms with Gasteiger partial charge in [-0.25, -0.2) is 10.2 Å². The second-order valence-electron chi connectivity index (χ2n) is 4.92. The summed E-state index contributed by atoms with van der Waals surface area (Å²) in [5.74, 6) is -0.499. The zero-order chi connectivity index (χ0) is 14.5. The third-order valence-corrected chi connectivity index (χ3v) is 2.06. The van der Waals surface area contributed by atoms with Gasteiger partial charge in [0.25, 0.3) is 11.5 Å². The number of nitrogens with zero attached hydrogens (tertiary/aromatic N) is 2. The number of rotatable bonds is 5. The van der Waals surface area contributed by atoms with Crippen LogP contribution in [0.5, 0.6) is 0 Å². The van der Waals surface area contributed by atoms with Crippen molar-refractivity contribution in [2.24, 2.45) is 0 Å². The highest BCUT2D eigenvalue weighted by molar-refractivity contribution is 5.91. The number of ether oxygens (including phenoxy) is 1. The van der Waals surface area contributed by atoms with E-state index in [1.165, 1.54) is 23.9 Å². The summed E-state index contributed by atoms with van der Waals surface area (Å²) in [6.07, 6.45) is 0. The number of nitrogens with one attached hydrogen (secondary N) is 1. The minimum atomic E-state index is -0.500. The molecule has 1 N–H and O–H groups in total. The molecule has 1 aromatic heterocycles. The third-order valence-electron chi connectivity index (χ3n) is 2.06. The fourth-order valence-electron chi connectivity index (χ4n) is 1.16. The number of carbonyl (C=O) groups is 1. The van der Waals surface area contributed by atoms with Crippen LogP contribution < -0.4 is 11.0 Å². The zero-order valence-corrected chi connectivity index (χ0v) is 11.6. The van der Waals surface area contributed by atoms with Crippen LogP contribution in [0.3, 0.4) is 0 Å². The SMILES string of the molecule is COCCn1nc(C(=O)NOC(C)(C)C)ccc1=O. The van der Waals surface area contributed by atoms with Gasteiger partial charge in [0.1, 0.15) is 0 Å².